The van der Waals surface area contributed by atoms with Crippen LogP contribution in [-0.2, 0) is 0 Å². The average Bonchev–Trinajstić information content (AvgIpc) is 3.20. The molecule has 8 aromatic rings. The Kier molecular flexibility index (Phi) is 8.73. The van der Waals surface area contributed by atoms with E-state index in [1.807, 2.05) is 0 Å². The molecular formula is C48H36N2. The number of fused-ring (bicyclic) bond motifs is 1. The summed E-state index contributed by atoms with van der Waals surface area (Å²) >= 11 is 0. The molecule has 0 amide bonds. The summed E-state index contributed by atoms with van der Waals surface area (Å²) in [6, 6.07) is 73.0. The molecule has 0 aromatic heterocycles. The smallest absolute Gasteiger partial charge is 0.0540 e. The Labute approximate surface area is 294 Å². The van der Waals surface area contributed by atoms with E-state index in [9.17, 15) is 0 Å². The summed E-state index contributed by atoms with van der Waals surface area (Å²) in [6.45, 7) is 0. The largest absolute Gasteiger partial charge is 0.311 e. The van der Waals surface area contributed by atoms with Gasteiger partial charge >= 0.3 is 0 Å². The van der Waals surface area contributed by atoms with Crippen molar-refractivity contribution < 1.29 is 0 Å². The second-order valence-electron chi connectivity index (χ2n) is 12.2. The molecule has 0 saturated heterocycles. The number of para-hydroxylation sites is 4. The van der Waals surface area contributed by atoms with E-state index in [1.165, 1.54) is 21.9 Å². The van der Waals surface area contributed by atoms with Crippen LogP contribution in [0.2, 0.25) is 0 Å². The van der Waals surface area contributed by atoms with Gasteiger partial charge in [0, 0.05) is 33.8 Å². The van der Waals surface area contributed by atoms with Crippen molar-refractivity contribution >= 4 is 57.0 Å². The molecule has 0 spiro atoms. The maximum atomic E-state index is 2.34. The fraction of sp³-hybridized carbons (Fsp3) is 0. The van der Waals surface area contributed by atoms with Crippen LogP contribution in [0.5, 0.6) is 0 Å². The van der Waals surface area contributed by atoms with Crippen LogP contribution < -0.4 is 9.80 Å². The van der Waals surface area contributed by atoms with E-state index in [2.05, 4.69) is 228 Å². The van der Waals surface area contributed by atoms with E-state index in [-0.39, 0.29) is 0 Å². The normalized spacial score (nSPS) is 11.1. The van der Waals surface area contributed by atoms with Crippen LogP contribution in [0, 0.1) is 0 Å². The molecule has 8 aromatic carbocycles. The van der Waals surface area contributed by atoms with Crippen LogP contribution in [0.4, 0.5) is 34.1 Å². The summed E-state index contributed by atoms with van der Waals surface area (Å²) in [7, 11) is 0. The van der Waals surface area contributed by atoms with Gasteiger partial charge in [-0.05, 0) is 94.4 Å². The number of hydrogen-bond acceptors (Lipinski definition) is 2. The van der Waals surface area contributed by atoms with Crippen molar-refractivity contribution in [3.8, 4) is 11.1 Å². The zero-order chi connectivity index (χ0) is 33.5. The molecule has 2 nitrogen and oxygen atoms in total. The lowest BCUT2D eigenvalue weighted by Gasteiger charge is -2.27. The third kappa shape index (κ3) is 6.43. The fourth-order valence-electron chi connectivity index (χ4n) is 6.61. The molecule has 0 fully saturated rings. The highest BCUT2D eigenvalue weighted by atomic mass is 15.1. The van der Waals surface area contributed by atoms with Crippen molar-refractivity contribution in [2.24, 2.45) is 0 Å². The summed E-state index contributed by atoms with van der Waals surface area (Å²) in [5.41, 5.74) is 11.5. The van der Waals surface area contributed by atoms with Gasteiger partial charge < -0.3 is 9.80 Å². The van der Waals surface area contributed by atoms with Crippen molar-refractivity contribution in [3.63, 3.8) is 0 Å². The summed E-state index contributed by atoms with van der Waals surface area (Å²) in [6.07, 6.45) is 4.36. The van der Waals surface area contributed by atoms with Crippen molar-refractivity contribution in [3.05, 3.63) is 217 Å². The Morgan fingerprint density at radius 1 is 0.280 bits per heavy atom. The first-order valence-corrected chi connectivity index (χ1v) is 17.0. The van der Waals surface area contributed by atoms with E-state index < -0.39 is 0 Å². The minimum atomic E-state index is 1.12. The number of anilines is 6. The lowest BCUT2D eigenvalue weighted by molar-refractivity contribution is 1.28. The van der Waals surface area contributed by atoms with Crippen LogP contribution >= 0.6 is 0 Å². The molecule has 0 aliphatic heterocycles. The predicted molar refractivity (Wildman–Crippen MR) is 214 cm³/mol. The molecular weight excluding hydrogens is 605 g/mol. The topological polar surface area (TPSA) is 6.48 Å². The Hall–Kier alpha value is -6.64. The van der Waals surface area contributed by atoms with Crippen LogP contribution in [0.15, 0.2) is 206 Å². The summed E-state index contributed by atoms with van der Waals surface area (Å²) in [5, 5.41) is 2.44. The van der Waals surface area contributed by atoms with Gasteiger partial charge in [0.15, 0.2) is 0 Å². The van der Waals surface area contributed by atoms with Crippen LogP contribution in [0.3, 0.4) is 0 Å². The van der Waals surface area contributed by atoms with E-state index >= 15 is 0 Å². The Bertz CT molecular complexity index is 2250. The number of rotatable bonds is 9. The molecule has 50 heavy (non-hydrogen) atoms. The minimum Gasteiger partial charge on any atom is -0.311 e. The van der Waals surface area contributed by atoms with Gasteiger partial charge in [0.2, 0.25) is 0 Å². The van der Waals surface area contributed by atoms with E-state index in [1.54, 1.807) is 0 Å². The zero-order valence-corrected chi connectivity index (χ0v) is 27.7. The lowest BCUT2D eigenvalue weighted by atomic mass is 9.95. The van der Waals surface area contributed by atoms with E-state index in [0.717, 1.165) is 45.3 Å². The highest BCUT2D eigenvalue weighted by Gasteiger charge is 2.17. The third-order valence-electron chi connectivity index (χ3n) is 9.04. The number of benzene rings is 8. The van der Waals surface area contributed by atoms with Crippen LogP contribution in [0.25, 0.3) is 34.1 Å². The molecule has 0 atom stereocenters. The van der Waals surface area contributed by atoms with Gasteiger partial charge in [0.05, 0.1) is 5.69 Å². The van der Waals surface area contributed by atoms with Gasteiger partial charge in [-0.1, -0.05) is 152 Å². The molecule has 0 aliphatic rings. The third-order valence-corrected chi connectivity index (χ3v) is 9.04. The monoisotopic (exact) mass is 640 g/mol. The van der Waals surface area contributed by atoms with E-state index in [4.69, 9.17) is 0 Å². The molecule has 2 heteroatoms. The molecule has 0 heterocycles. The van der Waals surface area contributed by atoms with Crippen molar-refractivity contribution in [1.82, 2.24) is 0 Å². The quantitative estimate of drug-likeness (QED) is 0.145. The summed E-state index contributed by atoms with van der Waals surface area (Å²) in [5.74, 6) is 0. The van der Waals surface area contributed by atoms with Crippen LogP contribution in [0.1, 0.15) is 11.1 Å². The molecule has 0 unspecified atom stereocenters. The molecule has 0 saturated carbocycles. The Morgan fingerprint density at radius 2 is 0.660 bits per heavy atom. The lowest BCUT2D eigenvalue weighted by Crippen LogP contribution is -2.10. The van der Waals surface area contributed by atoms with Gasteiger partial charge in [0.1, 0.15) is 0 Å². The second kappa shape index (κ2) is 14.2. The van der Waals surface area contributed by atoms with Crippen molar-refractivity contribution in [2.75, 3.05) is 9.80 Å². The molecule has 8 rings (SSSR count). The SMILES string of the molecule is C(=Cc1ccc(N(c2ccccc2)c2ccccc2)cc1)c1ccc(-c2ccc(N(c3ccccc3)c3ccccc3)c3ccccc23)cc1. The first-order valence-electron chi connectivity index (χ1n) is 17.0. The molecule has 0 bridgehead atoms. The summed E-state index contributed by atoms with van der Waals surface area (Å²) < 4.78 is 0. The Balaban J connectivity index is 1.06. The molecule has 0 aliphatic carbocycles. The predicted octanol–water partition coefficient (Wildman–Crippen LogP) is 13.6. The highest BCUT2D eigenvalue weighted by molar-refractivity contribution is 6.06. The first-order chi connectivity index (χ1) is 24.8. The van der Waals surface area contributed by atoms with Gasteiger partial charge in [-0.15, -0.1) is 0 Å². The van der Waals surface area contributed by atoms with E-state index in [0.29, 0.717) is 0 Å². The minimum absolute atomic E-state index is 1.12. The number of hydrogen-bond donors (Lipinski definition) is 0. The van der Waals surface area contributed by atoms with Gasteiger partial charge in [0.25, 0.3) is 0 Å². The molecule has 238 valence electrons. The average molecular weight is 641 g/mol. The summed E-state index contributed by atoms with van der Waals surface area (Å²) in [4.78, 5) is 4.62. The second-order valence-corrected chi connectivity index (χ2v) is 12.2. The number of nitrogens with zero attached hydrogens (tertiary/aromatic N) is 2. The zero-order valence-electron chi connectivity index (χ0n) is 27.7. The van der Waals surface area contributed by atoms with Crippen molar-refractivity contribution in [1.29, 1.82) is 0 Å². The first kappa shape index (κ1) is 30.7. The standard InChI is InChI=1S/C48H36N2/c1-5-15-40(16-6-1)49(41-17-7-2-8-18-41)44-33-29-38(30-34-44)26-25-37-27-31-39(32-28-37)45-35-36-48(47-24-14-13-23-46(45)47)50(42-19-9-3-10-20-42)43-21-11-4-12-22-43/h1-36H. The molecule has 0 radical (unpaired) electrons. The molecule has 0 N–H and O–H groups in total. The Morgan fingerprint density at radius 3 is 1.14 bits per heavy atom. The van der Waals surface area contributed by atoms with Crippen LogP contribution in [-0.4, -0.2) is 0 Å². The van der Waals surface area contributed by atoms with Gasteiger partial charge in [-0.3, -0.25) is 0 Å². The maximum absolute atomic E-state index is 2.34. The van der Waals surface area contributed by atoms with Gasteiger partial charge in [-0.2, -0.15) is 0 Å². The highest BCUT2D eigenvalue weighted by Crippen LogP contribution is 2.42. The van der Waals surface area contributed by atoms with Crippen molar-refractivity contribution in [2.45, 2.75) is 0 Å². The fourth-order valence-corrected chi connectivity index (χ4v) is 6.61. The maximum Gasteiger partial charge on any atom is 0.0540 e. The van der Waals surface area contributed by atoms with Gasteiger partial charge in [-0.25, -0.2) is 0 Å².